The van der Waals surface area contributed by atoms with Crippen molar-refractivity contribution < 1.29 is 17.9 Å². The largest absolute Gasteiger partial charge is 0.488 e. The van der Waals surface area contributed by atoms with E-state index in [1.807, 2.05) is 6.07 Å². The molecule has 0 amide bonds. The molecular formula is C18H12F3N5O. The molecule has 2 aromatic carbocycles. The third-order valence-corrected chi connectivity index (χ3v) is 3.58. The van der Waals surface area contributed by atoms with Crippen molar-refractivity contribution >= 4 is 11.8 Å². The van der Waals surface area contributed by atoms with Gasteiger partial charge in [0.05, 0.1) is 5.69 Å². The number of halogens is 3. The van der Waals surface area contributed by atoms with Gasteiger partial charge in [0.1, 0.15) is 47.3 Å². The molecule has 0 bridgehead atoms. The molecule has 3 aromatic rings. The summed E-state index contributed by atoms with van der Waals surface area (Å²) >= 11 is 0. The van der Waals surface area contributed by atoms with Gasteiger partial charge in [0.25, 0.3) is 0 Å². The van der Waals surface area contributed by atoms with Crippen LogP contribution in [0.3, 0.4) is 0 Å². The molecule has 3 rings (SSSR count). The van der Waals surface area contributed by atoms with Gasteiger partial charge in [-0.2, -0.15) is 10.2 Å². The lowest BCUT2D eigenvalue weighted by Gasteiger charge is -2.13. The molecule has 6 nitrogen and oxygen atoms in total. The molecule has 1 heterocycles. The maximum absolute atomic E-state index is 13.7. The first-order valence-corrected chi connectivity index (χ1v) is 7.58. The number of rotatable bonds is 4. The SMILES string of the molecule is N#Cc1c(N)nc(N)nc1-c1ccc(F)cc1OCc1cc(F)cc(F)c1. The molecule has 0 aliphatic rings. The number of nitriles is 1. The molecular weight excluding hydrogens is 359 g/mol. The van der Waals surface area contributed by atoms with Crippen LogP contribution in [0.2, 0.25) is 0 Å². The Kier molecular flexibility index (Phi) is 4.81. The zero-order valence-corrected chi connectivity index (χ0v) is 13.7. The van der Waals surface area contributed by atoms with Gasteiger partial charge in [0.2, 0.25) is 5.95 Å². The van der Waals surface area contributed by atoms with Gasteiger partial charge < -0.3 is 16.2 Å². The van der Waals surface area contributed by atoms with Crippen molar-refractivity contribution in [1.82, 2.24) is 9.97 Å². The fourth-order valence-electron chi connectivity index (χ4n) is 2.47. The van der Waals surface area contributed by atoms with Gasteiger partial charge in [-0.05, 0) is 29.8 Å². The van der Waals surface area contributed by atoms with E-state index in [1.165, 1.54) is 6.07 Å². The van der Waals surface area contributed by atoms with Crippen LogP contribution in [0.15, 0.2) is 36.4 Å². The second-order valence-corrected chi connectivity index (χ2v) is 5.51. The van der Waals surface area contributed by atoms with E-state index in [4.69, 9.17) is 16.2 Å². The second-order valence-electron chi connectivity index (χ2n) is 5.51. The van der Waals surface area contributed by atoms with E-state index < -0.39 is 17.5 Å². The van der Waals surface area contributed by atoms with Crippen LogP contribution < -0.4 is 16.2 Å². The third kappa shape index (κ3) is 3.90. The van der Waals surface area contributed by atoms with Crippen LogP contribution in [0.4, 0.5) is 24.9 Å². The van der Waals surface area contributed by atoms with E-state index in [0.717, 1.165) is 30.3 Å². The molecule has 136 valence electrons. The molecule has 0 aliphatic carbocycles. The molecule has 0 saturated carbocycles. The maximum atomic E-state index is 13.7. The molecule has 27 heavy (non-hydrogen) atoms. The number of hydrogen-bond donors (Lipinski definition) is 2. The Labute approximate surface area is 151 Å². The van der Waals surface area contributed by atoms with Crippen molar-refractivity contribution in [1.29, 1.82) is 5.26 Å². The molecule has 1 aromatic heterocycles. The Hall–Kier alpha value is -3.80. The minimum absolute atomic E-state index is 0.00586. The van der Waals surface area contributed by atoms with Crippen LogP contribution in [0.25, 0.3) is 11.3 Å². The molecule has 0 saturated heterocycles. The van der Waals surface area contributed by atoms with Crippen molar-refractivity contribution in [3.05, 3.63) is 65.0 Å². The normalized spacial score (nSPS) is 10.4. The Bertz CT molecular complexity index is 1050. The lowest BCUT2D eigenvalue weighted by molar-refractivity contribution is 0.304. The lowest BCUT2D eigenvalue weighted by Crippen LogP contribution is -2.06. The minimum Gasteiger partial charge on any atom is -0.488 e. The molecule has 0 radical (unpaired) electrons. The molecule has 0 atom stereocenters. The first-order chi connectivity index (χ1) is 12.9. The van der Waals surface area contributed by atoms with Crippen LogP contribution in [0, 0.1) is 28.8 Å². The summed E-state index contributed by atoms with van der Waals surface area (Å²) in [5.74, 6) is -2.47. The molecule has 4 N–H and O–H groups in total. The number of ether oxygens (including phenoxy) is 1. The van der Waals surface area contributed by atoms with Crippen LogP contribution >= 0.6 is 0 Å². The summed E-state index contributed by atoms with van der Waals surface area (Å²) in [6.45, 7) is -0.247. The summed E-state index contributed by atoms with van der Waals surface area (Å²) in [5.41, 5.74) is 11.7. The maximum Gasteiger partial charge on any atom is 0.222 e. The van der Waals surface area contributed by atoms with Crippen molar-refractivity contribution in [3.8, 4) is 23.1 Å². The van der Waals surface area contributed by atoms with Crippen molar-refractivity contribution in [2.24, 2.45) is 0 Å². The number of nitrogen functional groups attached to an aromatic ring is 2. The number of benzene rings is 2. The van der Waals surface area contributed by atoms with Crippen LogP contribution in [0.5, 0.6) is 5.75 Å². The lowest BCUT2D eigenvalue weighted by atomic mass is 10.1. The summed E-state index contributed by atoms with van der Waals surface area (Å²) < 4.78 is 45.9. The Morgan fingerprint density at radius 3 is 2.33 bits per heavy atom. The van der Waals surface area contributed by atoms with Gasteiger partial charge in [-0.25, -0.2) is 18.2 Å². The Balaban J connectivity index is 2.03. The average molecular weight is 371 g/mol. The van der Waals surface area contributed by atoms with Crippen LogP contribution in [-0.2, 0) is 6.61 Å². The van der Waals surface area contributed by atoms with Gasteiger partial charge in [-0.1, -0.05) is 0 Å². The number of hydrogen-bond acceptors (Lipinski definition) is 6. The van der Waals surface area contributed by atoms with E-state index in [0.29, 0.717) is 0 Å². The summed E-state index contributed by atoms with van der Waals surface area (Å²) in [7, 11) is 0. The van der Waals surface area contributed by atoms with Gasteiger partial charge in [-0.15, -0.1) is 0 Å². The molecule has 9 heteroatoms. The highest BCUT2D eigenvalue weighted by Crippen LogP contribution is 2.34. The highest BCUT2D eigenvalue weighted by Gasteiger charge is 2.18. The predicted molar refractivity (Wildman–Crippen MR) is 91.7 cm³/mol. The third-order valence-electron chi connectivity index (χ3n) is 3.58. The first-order valence-electron chi connectivity index (χ1n) is 7.58. The topological polar surface area (TPSA) is 111 Å². The molecule has 0 aliphatic heterocycles. The quantitative estimate of drug-likeness (QED) is 0.729. The standard InChI is InChI=1S/C18H12F3N5O/c19-10-1-2-13(16-14(7-22)17(23)26-18(24)25-16)15(6-10)27-8-9-3-11(20)5-12(21)4-9/h1-6H,8H2,(H4,23,24,25,26). The van der Waals surface area contributed by atoms with Crippen LogP contribution in [-0.4, -0.2) is 9.97 Å². The van der Waals surface area contributed by atoms with E-state index >= 15 is 0 Å². The zero-order valence-electron chi connectivity index (χ0n) is 13.7. The van der Waals surface area contributed by atoms with E-state index in [-0.39, 0.29) is 46.5 Å². The van der Waals surface area contributed by atoms with Crippen LogP contribution in [0.1, 0.15) is 11.1 Å². The Morgan fingerprint density at radius 2 is 1.67 bits per heavy atom. The summed E-state index contributed by atoms with van der Waals surface area (Å²) in [6.07, 6.45) is 0. The highest BCUT2D eigenvalue weighted by atomic mass is 19.1. The van der Waals surface area contributed by atoms with Gasteiger partial charge in [0, 0.05) is 17.7 Å². The second kappa shape index (κ2) is 7.21. The number of aromatic nitrogens is 2. The highest BCUT2D eigenvalue weighted by molar-refractivity contribution is 5.77. The van der Waals surface area contributed by atoms with E-state index in [9.17, 15) is 18.4 Å². The number of anilines is 2. The summed E-state index contributed by atoms with van der Waals surface area (Å²) in [6, 6.07) is 8.29. The van der Waals surface area contributed by atoms with Crippen molar-refractivity contribution in [2.75, 3.05) is 11.5 Å². The van der Waals surface area contributed by atoms with Gasteiger partial charge in [0.15, 0.2) is 0 Å². The molecule has 0 fully saturated rings. The Morgan fingerprint density at radius 1 is 0.963 bits per heavy atom. The van der Waals surface area contributed by atoms with Gasteiger partial charge in [-0.3, -0.25) is 0 Å². The number of nitrogens with zero attached hydrogens (tertiary/aromatic N) is 3. The predicted octanol–water partition coefficient (Wildman–Crippen LogP) is 3.18. The monoisotopic (exact) mass is 371 g/mol. The van der Waals surface area contributed by atoms with E-state index in [1.54, 1.807) is 0 Å². The van der Waals surface area contributed by atoms with Crippen molar-refractivity contribution in [3.63, 3.8) is 0 Å². The fourth-order valence-corrected chi connectivity index (χ4v) is 2.47. The molecule has 0 unspecified atom stereocenters. The summed E-state index contributed by atoms with van der Waals surface area (Å²) in [4.78, 5) is 7.70. The number of nitrogens with two attached hydrogens (primary N) is 2. The van der Waals surface area contributed by atoms with E-state index in [2.05, 4.69) is 9.97 Å². The molecule has 0 spiro atoms. The first kappa shape index (κ1) is 18.0. The fraction of sp³-hybridized carbons (Fsp3) is 0.0556. The smallest absolute Gasteiger partial charge is 0.222 e. The summed E-state index contributed by atoms with van der Waals surface area (Å²) in [5, 5.41) is 9.32. The average Bonchev–Trinajstić information content (AvgIpc) is 2.58. The zero-order chi connectivity index (χ0) is 19.6. The van der Waals surface area contributed by atoms with Crippen molar-refractivity contribution in [2.45, 2.75) is 6.61 Å². The minimum atomic E-state index is -0.767. The van der Waals surface area contributed by atoms with Gasteiger partial charge >= 0.3 is 0 Å².